The first kappa shape index (κ1) is 12.8. The molecule has 0 aliphatic carbocycles. The fourth-order valence-corrected chi connectivity index (χ4v) is 3.27. The highest BCUT2D eigenvalue weighted by atomic mass is 35.5. The Morgan fingerprint density at radius 1 is 1.47 bits per heavy atom. The van der Waals surface area contributed by atoms with E-state index in [4.69, 9.17) is 23.8 Å². The Morgan fingerprint density at radius 3 is 3.05 bits per heavy atom. The molecule has 19 heavy (non-hydrogen) atoms. The number of hydrogen-bond donors (Lipinski definition) is 1. The van der Waals surface area contributed by atoms with Gasteiger partial charge < -0.3 is 9.55 Å². The van der Waals surface area contributed by atoms with Crippen LogP contribution in [0.25, 0.3) is 11.0 Å². The van der Waals surface area contributed by atoms with E-state index in [1.54, 1.807) is 11.3 Å². The lowest BCUT2D eigenvalue weighted by atomic mass is 10.3. The molecule has 0 amide bonds. The third-order valence-corrected chi connectivity index (χ3v) is 4.48. The number of halogens is 1. The van der Waals surface area contributed by atoms with Crippen molar-refractivity contribution in [1.29, 1.82) is 0 Å². The van der Waals surface area contributed by atoms with Crippen LogP contribution < -0.4 is 0 Å². The van der Waals surface area contributed by atoms with Gasteiger partial charge in [-0.25, -0.2) is 4.98 Å². The van der Waals surface area contributed by atoms with Gasteiger partial charge in [-0.05, 0) is 31.3 Å². The number of aromatic amines is 1. The van der Waals surface area contributed by atoms with Crippen molar-refractivity contribution in [2.45, 2.75) is 19.9 Å². The summed E-state index contributed by atoms with van der Waals surface area (Å²) in [7, 11) is 0. The number of thiazole rings is 1. The average Bonchev–Trinajstić information content (AvgIpc) is 2.92. The van der Waals surface area contributed by atoms with Gasteiger partial charge in [0.15, 0.2) is 4.77 Å². The van der Waals surface area contributed by atoms with Crippen LogP contribution in [-0.2, 0) is 13.0 Å². The molecule has 0 radical (unpaired) electrons. The minimum Gasteiger partial charge on any atom is -0.329 e. The Bertz CT molecular complexity index is 785. The van der Waals surface area contributed by atoms with Gasteiger partial charge >= 0.3 is 0 Å². The normalized spacial score (nSPS) is 11.3. The number of imidazole rings is 1. The molecular weight excluding hydrogens is 298 g/mol. The summed E-state index contributed by atoms with van der Waals surface area (Å²) in [6.07, 6.45) is 0.873. The van der Waals surface area contributed by atoms with Gasteiger partial charge in [-0.15, -0.1) is 11.3 Å². The van der Waals surface area contributed by atoms with Crippen LogP contribution in [0.2, 0.25) is 5.02 Å². The van der Waals surface area contributed by atoms with E-state index in [9.17, 15) is 0 Å². The summed E-state index contributed by atoms with van der Waals surface area (Å²) < 4.78 is 2.78. The van der Waals surface area contributed by atoms with Crippen molar-refractivity contribution in [2.24, 2.45) is 0 Å². The highest BCUT2D eigenvalue weighted by molar-refractivity contribution is 7.71. The number of rotatable bonds is 3. The molecule has 1 aromatic carbocycles. The highest BCUT2D eigenvalue weighted by Crippen LogP contribution is 2.23. The first-order valence-electron chi connectivity index (χ1n) is 5.93. The van der Waals surface area contributed by atoms with Gasteiger partial charge in [0.1, 0.15) is 0 Å². The van der Waals surface area contributed by atoms with Gasteiger partial charge in [-0.3, -0.25) is 0 Å². The number of para-hydroxylation sites is 1. The Hall–Kier alpha value is -1.17. The number of nitrogens with zero attached hydrogens (tertiary/aromatic N) is 2. The smallest absolute Gasteiger partial charge is 0.178 e. The minimum absolute atomic E-state index is 0.701. The number of fused-ring (bicyclic) bond motifs is 1. The highest BCUT2D eigenvalue weighted by Gasteiger charge is 2.07. The maximum atomic E-state index is 6.16. The second-order valence-electron chi connectivity index (χ2n) is 4.32. The lowest BCUT2D eigenvalue weighted by Crippen LogP contribution is -2.01. The van der Waals surface area contributed by atoms with E-state index in [0.717, 1.165) is 34.7 Å². The summed E-state index contributed by atoms with van der Waals surface area (Å²) in [6, 6.07) is 5.83. The van der Waals surface area contributed by atoms with E-state index >= 15 is 0 Å². The van der Waals surface area contributed by atoms with E-state index in [1.165, 1.54) is 0 Å². The molecule has 3 aromatic rings. The third kappa shape index (κ3) is 2.45. The molecule has 0 saturated heterocycles. The van der Waals surface area contributed by atoms with Crippen molar-refractivity contribution in [1.82, 2.24) is 14.5 Å². The van der Waals surface area contributed by atoms with Crippen molar-refractivity contribution >= 4 is 46.2 Å². The van der Waals surface area contributed by atoms with Crippen LogP contribution in [0.4, 0.5) is 0 Å². The zero-order chi connectivity index (χ0) is 13.4. The second-order valence-corrected chi connectivity index (χ2v) is 6.18. The third-order valence-electron chi connectivity index (χ3n) is 3.02. The first-order valence-corrected chi connectivity index (χ1v) is 7.60. The second kappa shape index (κ2) is 5.07. The molecule has 1 N–H and O–H groups in total. The van der Waals surface area contributed by atoms with E-state index in [-0.39, 0.29) is 0 Å². The average molecular weight is 310 g/mol. The van der Waals surface area contributed by atoms with Gasteiger partial charge in [0.25, 0.3) is 0 Å². The Labute approximate surface area is 124 Å². The molecule has 0 atom stereocenters. The molecule has 2 aromatic heterocycles. The number of aromatic nitrogens is 3. The van der Waals surface area contributed by atoms with Crippen LogP contribution in [0.1, 0.15) is 10.7 Å². The van der Waals surface area contributed by atoms with Crippen LogP contribution in [0, 0.1) is 11.7 Å². The van der Waals surface area contributed by atoms with E-state index < -0.39 is 0 Å². The SMILES string of the molecule is Cc1nc(CCn2c(=S)[nH]c3c(Cl)cccc32)cs1. The molecule has 3 rings (SSSR count). The van der Waals surface area contributed by atoms with Crippen LogP contribution in [0.5, 0.6) is 0 Å². The molecule has 3 nitrogen and oxygen atoms in total. The van der Waals surface area contributed by atoms with Crippen LogP contribution >= 0.6 is 35.2 Å². The minimum atomic E-state index is 0.701. The molecule has 0 spiro atoms. The van der Waals surface area contributed by atoms with E-state index in [2.05, 4.69) is 19.9 Å². The quantitative estimate of drug-likeness (QED) is 0.729. The van der Waals surface area contributed by atoms with Gasteiger partial charge in [0.2, 0.25) is 0 Å². The van der Waals surface area contributed by atoms with Crippen molar-refractivity contribution in [3.8, 4) is 0 Å². The van der Waals surface area contributed by atoms with Gasteiger partial charge in [-0.2, -0.15) is 0 Å². The van der Waals surface area contributed by atoms with Crippen LogP contribution in [-0.4, -0.2) is 14.5 Å². The number of aryl methyl sites for hydroxylation is 3. The fourth-order valence-electron chi connectivity index (χ4n) is 2.12. The molecule has 0 fully saturated rings. The molecular formula is C13H12ClN3S2. The van der Waals surface area contributed by atoms with Gasteiger partial charge in [-0.1, -0.05) is 17.7 Å². The van der Waals surface area contributed by atoms with Crippen LogP contribution in [0.15, 0.2) is 23.6 Å². The van der Waals surface area contributed by atoms with Crippen molar-refractivity contribution < 1.29 is 0 Å². The maximum Gasteiger partial charge on any atom is 0.178 e. The fraction of sp³-hybridized carbons (Fsp3) is 0.231. The molecule has 98 valence electrons. The van der Waals surface area contributed by atoms with E-state index in [1.807, 2.05) is 25.1 Å². The molecule has 0 aliphatic rings. The summed E-state index contributed by atoms with van der Waals surface area (Å²) in [4.78, 5) is 7.64. The zero-order valence-electron chi connectivity index (χ0n) is 10.3. The molecule has 0 unspecified atom stereocenters. The van der Waals surface area contributed by atoms with Gasteiger partial charge in [0.05, 0.1) is 26.8 Å². The summed E-state index contributed by atoms with van der Waals surface area (Å²) >= 11 is 13.2. The topological polar surface area (TPSA) is 33.6 Å². The van der Waals surface area contributed by atoms with E-state index in [0.29, 0.717) is 9.79 Å². The lowest BCUT2D eigenvalue weighted by molar-refractivity contribution is 0.697. The van der Waals surface area contributed by atoms with Crippen molar-refractivity contribution in [3.63, 3.8) is 0 Å². The Morgan fingerprint density at radius 2 is 2.32 bits per heavy atom. The van der Waals surface area contributed by atoms with Crippen molar-refractivity contribution in [3.05, 3.63) is 44.1 Å². The summed E-state index contributed by atoms with van der Waals surface area (Å²) in [6.45, 7) is 2.83. The first-order chi connectivity index (χ1) is 9.15. The molecule has 6 heteroatoms. The van der Waals surface area contributed by atoms with Gasteiger partial charge in [0, 0.05) is 18.3 Å². The number of nitrogens with one attached hydrogen (secondary N) is 1. The predicted molar refractivity (Wildman–Crippen MR) is 82.7 cm³/mol. The maximum absolute atomic E-state index is 6.16. The van der Waals surface area contributed by atoms with Crippen LogP contribution in [0.3, 0.4) is 0 Å². The monoisotopic (exact) mass is 309 g/mol. The summed E-state index contributed by atoms with van der Waals surface area (Å²) in [5, 5.41) is 3.90. The standard InChI is InChI=1S/C13H12ClN3S2/c1-8-15-9(7-19-8)5-6-17-11-4-2-3-10(14)12(11)16-13(17)18/h2-4,7H,5-6H2,1H3,(H,16,18). The number of benzene rings is 1. The zero-order valence-corrected chi connectivity index (χ0v) is 12.7. The molecule has 0 aliphatic heterocycles. The summed E-state index contributed by atoms with van der Waals surface area (Å²) in [5.74, 6) is 0. The Kier molecular flexibility index (Phi) is 3.43. The molecule has 2 heterocycles. The largest absolute Gasteiger partial charge is 0.329 e. The summed E-state index contributed by atoms with van der Waals surface area (Å²) in [5.41, 5.74) is 3.06. The molecule has 0 saturated carbocycles. The number of hydrogen-bond acceptors (Lipinski definition) is 3. The predicted octanol–water partition coefficient (Wildman–Crippen LogP) is 4.36. The lowest BCUT2D eigenvalue weighted by Gasteiger charge is -2.03. The number of H-pyrrole nitrogens is 1. The molecule has 0 bridgehead atoms. The van der Waals surface area contributed by atoms with Crippen molar-refractivity contribution in [2.75, 3.05) is 0 Å². The Balaban J connectivity index is 1.95.